The SMILES string of the molecule is CC(C)Oc1ccc(Nc2ncnc(=O)n2C=CC(=O)OC(C)Cc2ccc(Cl)cc2)cc1Cl. The van der Waals surface area contributed by atoms with Crippen LogP contribution in [-0.2, 0) is 16.0 Å². The number of hydrogen-bond acceptors (Lipinski definition) is 7. The molecule has 1 heterocycles. The van der Waals surface area contributed by atoms with Gasteiger partial charge >= 0.3 is 11.7 Å². The van der Waals surface area contributed by atoms with Crippen LogP contribution in [0.15, 0.2) is 59.7 Å². The predicted molar refractivity (Wildman–Crippen MR) is 133 cm³/mol. The Labute approximate surface area is 207 Å². The van der Waals surface area contributed by atoms with Crippen LogP contribution in [0.5, 0.6) is 5.75 Å². The highest BCUT2D eigenvalue weighted by molar-refractivity contribution is 6.32. The quantitative estimate of drug-likeness (QED) is 0.320. The normalized spacial score (nSPS) is 12.1. The molecule has 3 rings (SSSR count). The van der Waals surface area contributed by atoms with E-state index in [9.17, 15) is 9.59 Å². The van der Waals surface area contributed by atoms with E-state index in [-0.39, 0.29) is 18.2 Å². The van der Waals surface area contributed by atoms with E-state index in [1.54, 1.807) is 37.3 Å². The molecule has 1 N–H and O–H groups in total. The van der Waals surface area contributed by atoms with Gasteiger partial charge in [-0.05, 0) is 56.7 Å². The van der Waals surface area contributed by atoms with Crippen LogP contribution in [0, 0.1) is 0 Å². The Morgan fingerprint density at radius 2 is 1.85 bits per heavy atom. The third-order valence-electron chi connectivity index (χ3n) is 4.45. The zero-order valence-electron chi connectivity index (χ0n) is 18.9. The van der Waals surface area contributed by atoms with Crippen molar-refractivity contribution in [1.29, 1.82) is 0 Å². The molecule has 0 aliphatic heterocycles. The largest absolute Gasteiger partial charge is 0.489 e. The van der Waals surface area contributed by atoms with Crippen molar-refractivity contribution in [3.05, 3.63) is 81.0 Å². The molecular weight excluding hydrogens is 479 g/mol. The fourth-order valence-corrected chi connectivity index (χ4v) is 3.35. The first-order valence-electron chi connectivity index (χ1n) is 10.5. The Bertz CT molecular complexity index is 1230. The lowest BCUT2D eigenvalue weighted by atomic mass is 10.1. The molecule has 0 bridgehead atoms. The molecule has 1 aromatic heterocycles. The molecule has 34 heavy (non-hydrogen) atoms. The molecular formula is C24H24Cl2N4O4. The van der Waals surface area contributed by atoms with E-state index in [4.69, 9.17) is 32.7 Å². The van der Waals surface area contributed by atoms with E-state index in [0.717, 1.165) is 22.5 Å². The zero-order valence-corrected chi connectivity index (χ0v) is 20.4. The number of aromatic nitrogens is 3. The van der Waals surface area contributed by atoms with Gasteiger partial charge in [-0.25, -0.2) is 19.1 Å². The summed E-state index contributed by atoms with van der Waals surface area (Å²) in [5.74, 6) is 0.0749. The fourth-order valence-electron chi connectivity index (χ4n) is 3.00. The molecule has 0 amide bonds. The Kier molecular flexibility index (Phi) is 8.67. The second-order valence-corrected chi connectivity index (χ2v) is 8.52. The van der Waals surface area contributed by atoms with E-state index < -0.39 is 11.7 Å². The minimum absolute atomic E-state index is 0.0258. The first-order chi connectivity index (χ1) is 16.2. The van der Waals surface area contributed by atoms with E-state index in [1.165, 1.54) is 6.20 Å². The maximum atomic E-state index is 12.3. The average molecular weight is 503 g/mol. The Balaban J connectivity index is 1.69. The Morgan fingerprint density at radius 1 is 1.12 bits per heavy atom. The van der Waals surface area contributed by atoms with E-state index >= 15 is 0 Å². The molecule has 0 aliphatic rings. The molecule has 0 saturated carbocycles. The van der Waals surface area contributed by atoms with Crippen molar-refractivity contribution in [2.45, 2.75) is 39.4 Å². The van der Waals surface area contributed by atoms with Gasteiger partial charge in [0.25, 0.3) is 0 Å². The van der Waals surface area contributed by atoms with Crippen LogP contribution in [0.1, 0.15) is 26.3 Å². The van der Waals surface area contributed by atoms with E-state index in [0.29, 0.717) is 27.9 Å². The summed E-state index contributed by atoms with van der Waals surface area (Å²) >= 11 is 12.2. The summed E-state index contributed by atoms with van der Waals surface area (Å²) in [4.78, 5) is 32.3. The van der Waals surface area contributed by atoms with E-state index in [2.05, 4.69) is 15.3 Å². The Morgan fingerprint density at radius 3 is 2.53 bits per heavy atom. The summed E-state index contributed by atoms with van der Waals surface area (Å²) in [7, 11) is 0. The topological polar surface area (TPSA) is 95.3 Å². The molecule has 10 heteroatoms. The molecule has 3 aromatic rings. The van der Waals surface area contributed by atoms with Crippen molar-refractivity contribution in [3.8, 4) is 5.75 Å². The number of carbonyl (C=O) groups is 1. The van der Waals surface area contributed by atoms with Crippen LogP contribution in [-0.4, -0.2) is 32.7 Å². The number of halogens is 2. The number of rotatable bonds is 9. The first kappa shape index (κ1) is 25.3. The van der Waals surface area contributed by atoms with Crippen LogP contribution in [0.25, 0.3) is 6.20 Å². The molecule has 0 fully saturated rings. The zero-order chi connectivity index (χ0) is 24.7. The summed E-state index contributed by atoms with van der Waals surface area (Å²) in [6.07, 6.45) is 3.63. The molecule has 1 unspecified atom stereocenters. The Hall–Kier alpha value is -3.36. The standard InChI is InChI=1S/C24H24Cl2N4O4/c1-15(2)33-21-9-8-19(13-20(21)26)29-23-27-14-28-24(32)30(23)11-10-22(31)34-16(3)12-17-4-6-18(25)7-5-17/h4-11,13-16H,12H2,1-3H3,(H,27,28,29,32). The lowest BCUT2D eigenvalue weighted by Gasteiger charge is -2.14. The van der Waals surface area contributed by atoms with Crippen molar-refractivity contribution >= 4 is 47.0 Å². The second kappa shape index (κ2) is 11.7. The summed E-state index contributed by atoms with van der Waals surface area (Å²) < 4.78 is 12.1. The van der Waals surface area contributed by atoms with Gasteiger partial charge in [-0.1, -0.05) is 35.3 Å². The van der Waals surface area contributed by atoms with Crippen LogP contribution in [0.2, 0.25) is 10.0 Å². The van der Waals surface area contributed by atoms with Crippen molar-refractivity contribution in [2.24, 2.45) is 0 Å². The maximum absolute atomic E-state index is 12.3. The van der Waals surface area contributed by atoms with Crippen LogP contribution in [0.4, 0.5) is 11.6 Å². The van der Waals surface area contributed by atoms with Gasteiger partial charge in [-0.2, -0.15) is 4.98 Å². The average Bonchev–Trinajstić information content (AvgIpc) is 2.76. The predicted octanol–water partition coefficient (Wildman–Crippen LogP) is 5.12. The van der Waals surface area contributed by atoms with Gasteiger partial charge in [0.15, 0.2) is 0 Å². The molecule has 8 nitrogen and oxygen atoms in total. The summed E-state index contributed by atoms with van der Waals surface area (Å²) in [6.45, 7) is 5.58. The molecule has 178 valence electrons. The third-order valence-corrected chi connectivity index (χ3v) is 4.99. The van der Waals surface area contributed by atoms with E-state index in [1.807, 2.05) is 26.0 Å². The van der Waals surface area contributed by atoms with Crippen molar-refractivity contribution in [2.75, 3.05) is 5.32 Å². The maximum Gasteiger partial charge on any atom is 0.355 e. The highest BCUT2D eigenvalue weighted by atomic mass is 35.5. The van der Waals surface area contributed by atoms with Gasteiger partial charge in [0, 0.05) is 29.4 Å². The van der Waals surface area contributed by atoms with Crippen LogP contribution < -0.4 is 15.7 Å². The van der Waals surface area contributed by atoms with Gasteiger partial charge in [0.1, 0.15) is 18.2 Å². The third kappa shape index (κ3) is 7.33. The minimum atomic E-state index is -0.623. The number of ether oxygens (including phenoxy) is 2. The van der Waals surface area contributed by atoms with Gasteiger partial charge in [-0.15, -0.1) is 0 Å². The second-order valence-electron chi connectivity index (χ2n) is 7.68. The number of carbonyl (C=O) groups excluding carboxylic acids is 1. The van der Waals surface area contributed by atoms with Crippen molar-refractivity contribution in [3.63, 3.8) is 0 Å². The van der Waals surface area contributed by atoms with Crippen molar-refractivity contribution in [1.82, 2.24) is 14.5 Å². The molecule has 0 saturated heterocycles. The van der Waals surface area contributed by atoms with Gasteiger partial charge in [-0.3, -0.25) is 0 Å². The molecule has 0 radical (unpaired) electrons. The molecule has 0 aliphatic carbocycles. The molecule has 1 atom stereocenters. The lowest BCUT2D eigenvalue weighted by molar-refractivity contribution is -0.142. The highest BCUT2D eigenvalue weighted by Gasteiger charge is 2.11. The van der Waals surface area contributed by atoms with Gasteiger partial charge in [0.2, 0.25) is 5.95 Å². The number of anilines is 2. The van der Waals surface area contributed by atoms with Gasteiger partial charge in [0.05, 0.1) is 11.1 Å². The summed E-state index contributed by atoms with van der Waals surface area (Å²) in [5, 5.41) is 4.03. The summed E-state index contributed by atoms with van der Waals surface area (Å²) in [6, 6.07) is 12.4. The minimum Gasteiger partial charge on any atom is -0.489 e. The van der Waals surface area contributed by atoms with Crippen LogP contribution >= 0.6 is 23.2 Å². The summed E-state index contributed by atoms with van der Waals surface area (Å²) in [5.41, 5.74) is 0.929. The molecule has 0 spiro atoms. The number of nitrogens with one attached hydrogen (secondary N) is 1. The molecule has 2 aromatic carbocycles. The van der Waals surface area contributed by atoms with Crippen LogP contribution in [0.3, 0.4) is 0 Å². The smallest absolute Gasteiger partial charge is 0.355 e. The first-order valence-corrected chi connectivity index (χ1v) is 11.3. The lowest BCUT2D eigenvalue weighted by Crippen LogP contribution is -2.22. The van der Waals surface area contributed by atoms with Crippen molar-refractivity contribution < 1.29 is 14.3 Å². The fraction of sp³-hybridized carbons (Fsp3) is 0.250. The number of esters is 1. The number of nitrogens with zero attached hydrogens (tertiary/aromatic N) is 3. The van der Waals surface area contributed by atoms with Gasteiger partial charge < -0.3 is 14.8 Å². The monoisotopic (exact) mass is 502 g/mol. The number of hydrogen-bond donors (Lipinski definition) is 1. The highest BCUT2D eigenvalue weighted by Crippen LogP contribution is 2.29. The number of benzene rings is 2.